The van der Waals surface area contributed by atoms with E-state index in [4.69, 9.17) is 22.7 Å². The molecular formula is C13H18ClN3O2S2. The first-order chi connectivity index (χ1) is 9.86. The van der Waals surface area contributed by atoms with Crippen molar-refractivity contribution >= 4 is 44.7 Å². The minimum absolute atomic E-state index is 0.0986. The van der Waals surface area contributed by atoms with Crippen molar-refractivity contribution in [1.29, 1.82) is 5.41 Å². The number of nitrogens with one attached hydrogen (secondary N) is 1. The van der Waals surface area contributed by atoms with Crippen LogP contribution in [0.5, 0.6) is 0 Å². The fourth-order valence-corrected chi connectivity index (χ4v) is 5.54. The highest BCUT2D eigenvalue weighted by molar-refractivity contribution is 8.01. The van der Waals surface area contributed by atoms with Crippen molar-refractivity contribution in [3.63, 3.8) is 0 Å². The lowest BCUT2D eigenvalue weighted by Gasteiger charge is -2.36. The Labute approximate surface area is 134 Å². The first-order valence-electron chi connectivity index (χ1n) is 6.56. The number of amidine groups is 1. The first-order valence-corrected chi connectivity index (χ1v) is 9.81. The molecule has 0 saturated carbocycles. The number of nitrogens with zero attached hydrogens (tertiary/aromatic N) is 1. The van der Waals surface area contributed by atoms with E-state index in [1.807, 2.05) is 4.90 Å². The van der Waals surface area contributed by atoms with E-state index in [2.05, 4.69) is 0 Å². The van der Waals surface area contributed by atoms with Crippen LogP contribution in [0, 0.1) is 5.41 Å². The summed E-state index contributed by atoms with van der Waals surface area (Å²) in [6, 6.07) is 5.13. The Morgan fingerprint density at radius 2 is 2.29 bits per heavy atom. The summed E-state index contributed by atoms with van der Waals surface area (Å²) < 4.78 is 24.5. The zero-order chi connectivity index (χ0) is 15.6. The highest BCUT2D eigenvalue weighted by atomic mass is 35.5. The maximum Gasteiger partial charge on any atom is 0.171 e. The summed E-state index contributed by atoms with van der Waals surface area (Å²) in [6.07, 6.45) is 0. The quantitative estimate of drug-likeness (QED) is 0.642. The lowest BCUT2D eigenvalue weighted by atomic mass is 10.1. The van der Waals surface area contributed by atoms with Gasteiger partial charge in [0.15, 0.2) is 9.84 Å². The molecule has 116 valence electrons. The molecule has 1 unspecified atom stereocenters. The molecule has 1 fully saturated rings. The molecule has 1 aromatic rings. The highest BCUT2D eigenvalue weighted by Crippen LogP contribution is 2.30. The van der Waals surface area contributed by atoms with E-state index in [1.54, 1.807) is 36.9 Å². The molecule has 0 spiro atoms. The maximum atomic E-state index is 12.3. The molecule has 1 aliphatic rings. The van der Waals surface area contributed by atoms with Crippen LogP contribution in [-0.2, 0) is 9.84 Å². The molecule has 3 N–H and O–H groups in total. The molecular weight excluding hydrogens is 330 g/mol. The fourth-order valence-electron chi connectivity index (χ4n) is 2.27. The van der Waals surface area contributed by atoms with Gasteiger partial charge in [-0.25, -0.2) is 8.42 Å². The van der Waals surface area contributed by atoms with Gasteiger partial charge >= 0.3 is 0 Å². The van der Waals surface area contributed by atoms with Crippen LogP contribution < -0.4 is 10.6 Å². The van der Waals surface area contributed by atoms with Gasteiger partial charge in [0.2, 0.25) is 0 Å². The zero-order valence-electron chi connectivity index (χ0n) is 11.7. The van der Waals surface area contributed by atoms with Gasteiger partial charge in [0.25, 0.3) is 0 Å². The third-order valence-corrected chi connectivity index (χ3v) is 7.08. The predicted molar refractivity (Wildman–Crippen MR) is 90.4 cm³/mol. The second-order valence-corrected chi connectivity index (χ2v) is 8.76. The van der Waals surface area contributed by atoms with Gasteiger partial charge in [0.1, 0.15) is 11.2 Å². The van der Waals surface area contributed by atoms with Gasteiger partial charge in [-0.15, -0.1) is 0 Å². The second kappa shape index (κ2) is 6.46. The first kappa shape index (κ1) is 16.5. The number of anilines is 1. The molecule has 1 aliphatic heterocycles. The standard InChI is InChI=1S/C13H18ClN3O2S2/c1-2-21(18,19)12-8-20-6-5-17(12)9-3-4-10(13(15)16)11(14)7-9/h3-4,7,12H,2,5-6,8H2,1H3,(H3,15,16). The molecule has 5 nitrogen and oxygen atoms in total. The number of rotatable bonds is 4. The SMILES string of the molecule is CCS(=O)(=O)C1CSCCN1c1ccc(C(=N)N)c(Cl)c1. The molecule has 1 aromatic carbocycles. The van der Waals surface area contributed by atoms with E-state index in [-0.39, 0.29) is 11.6 Å². The van der Waals surface area contributed by atoms with Crippen LogP contribution in [0.25, 0.3) is 0 Å². The molecule has 1 heterocycles. The molecule has 0 bridgehead atoms. The Bertz CT molecular complexity index is 649. The Hall–Kier alpha value is -0.920. The van der Waals surface area contributed by atoms with Crippen molar-refractivity contribution in [3.8, 4) is 0 Å². The van der Waals surface area contributed by atoms with Gasteiger partial charge < -0.3 is 10.6 Å². The number of hydrogen-bond acceptors (Lipinski definition) is 5. The van der Waals surface area contributed by atoms with Crippen molar-refractivity contribution in [2.24, 2.45) is 5.73 Å². The lowest BCUT2D eigenvalue weighted by molar-refractivity contribution is 0.579. The number of halogens is 1. The van der Waals surface area contributed by atoms with Crippen LogP contribution in [0.3, 0.4) is 0 Å². The van der Waals surface area contributed by atoms with Gasteiger partial charge in [-0.2, -0.15) is 11.8 Å². The average molecular weight is 348 g/mol. The second-order valence-electron chi connectivity index (χ2n) is 4.75. The summed E-state index contributed by atoms with van der Waals surface area (Å²) in [5.74, 6) is 1.45. The Balaban J connectivity index is 2.38. The van der Waals surface area contributed by atoms with E-state index in [0.29, 0.717) is 22.9 Å². The fraction of sp³-hybridized carbons (Fsp3) is 0.462. The number of thioether (sulfide) groups is 1. The molecule has 0 radical (unpaired) electrons. The van der Waals surface area contributed by atoms with Crippen LogP contribution in [0.1, 0.15) is 12.5 Å². The van der Waals surface area contributed by atoms with Gasteiger partial charge in [-0.3, -0.25) is 5.41 Å². The van der Waals surface area contributed by atoms with E-state index in [9.17, 15) is 8.42 Å². The number of sulfone groups is 1. The number of nitrogens with two attached hydrogens (primary N) is 1. The van der Waals surface area contributed by atoms with Gasteiger partial charge in [0, 0.05) is 35.1 Å². The summed E-state index contributed by atoms with van der Waals surface area (Å²) >= 11 is 7.79. The van der Waals surface area contributed by atoms with Gasteiger partial charge in [0.05, 0.1) is 5.02 Å². The third kappa shape index (κ3) is 3.46. The average Bonchev–Trinajstić information content (AvgIpc) is 2.46. The van der Waals surface area contributed by atoms with Crippen molar-refractivity contribution in [3.05, 3.63) is 28.8 Å². The summed E-state index contributed by atoms with van der Waals surface area (Å²) in [6.45, 7) is 2.32. The molecule has 1 saturated heterocycles. The minimum Gasteiger partial charge on any atom is -0.384 e. The number of nitrogen functional groups attached to an aromatic ring is 1. The van der Waals surface area contributed by atoms with Crippen molar-refractivity contribution in [1.82, 2.24) is 0 Å². The van der Waals surface area contributed by atoms with Crippen molar-refractivity contribution < 1.29 is 8.42 Å². The summed E-state index contributed by atoms with van der Waals surface area (Å²) in [5.41, 5.74) is 6.66. The minimum atomic E-state index is -3.16. The van der Waals surface area contributed by atoms with E-state index in [0.717, 1.165) is 11.4 Å². The van der Waals surface area contributed by atoms with E-state index < -0.39 is 15.2 Å². The van der Waals surface area contributed by atoms with Crippen LogP contribution in [0.15, 0.2) is 18.2 Å². The number of hydrogen-bond donors (Lipinski definition) is 2. The molecule has 2 rings (SSSR count). The molecule has 21 heavy (non-hydrogen) atoms. The van der Waals surface area contributed by atoms with Crippen molar-refractivity contribution in [2.45, 2.75) is 12.3 Å². The molecule has 8 heteroatoms. The van der Waals surface area contributed by atoms with E-state index >= 15 is 0 Å². The number of benzene rings is 1. The van der Waals surface area contributed by atoms with Gasteiger partial charge in [-0.1, -0.05) is 18.5 Å². The Morgan fingerprint density at radius 3 is 2.86 bits per heavy atom. The van der Waals surface area contributed by atoms with Crippen LogP contribution in [0.2, 0.25) is 5.02 Å². The van der Waals surface area contributed by atoms with Crippen LogP contribution >= 0.6 is 23.4 Å². The smallest absolute Gasteiger partial charge is 0.171 e. The monoisotopic (exact) mass is 347 g/mol. The third-order valence-electron chi connectivity index (χ3n) is 3.48. The van der Waals surface area contributed by atoms with E-state index in [1.165, 1.54) is 0 Å². The van der Waals surface area contributed by atoms with Gasteiger partial charge in [-0.05, 0) is 18.2 Å². The largest absolute Gasteiger partial charge is 0.384 e. The summed E-state index contributed by atoms with van der Waals surface area (Å²) in [4.78, 5) is 1.88. The van der Waals surface area contributed by atoms with Crippen LogP contribution in [0.4, 0.5) is 5.69 Å². The normalized spacial score (nSPS) is 19.5. The molecule has 0 aromatic heterocycles. The summed E-state index contributed by atoms with van der Waals surface area (Å²) in [5, 5.41) is 7.28. The molecule has 0 amide bonds. The maximum absolute atomic E-state index is 12.3. The van der Waals surface area contributed by atoms with Crippen molar-refractivity contribution in [2.75, 3.05) is 28.7 Å². The molecule has 1 atom stereocenters. The van der Waals surface area contributed by atoms with Crippen LogP contribution in [-0.4, -0.2) is 43.4 Å². The predicted octanol–water partition coefficient (Wildman–Crippen LogP) is 1.94. The zero-order valence-corrected chi connectivity index (χ0v) is 14.1. The summed E-state index contributed by atoms with van der Waals surface area (Å²) in [7, 11) is -3.16. The Kier molecular flexibility index (Phi) is 5.06. The topological polar surface area (TPSA) is 87.2 Å². The lowest BCUT2D eigenvalue weighted by Crippen LogP contribution is -2.48. The molecule has 0 aliphatic carbocycles. The highest BCUT2D eigenvalue weighted by Gasteiger charge is 2.33. The Morgan fingerprint density at radius 1 is 1.57 bits per heavy atom.